The molecule has 0 saturated carbocycles. The van der Waals surface area contributed by atoms with Crippen molar-refractivity contribution in [1.29, 1.82) is 0 Å². The molecule has 1 N–H and O–H groups in total. The van der Waals surface area contributed by atoms with Gasteiger partial charge in [0.2, 0.25) is 0 Å². The van der Waals surface area contributed by atoms with Gasteiger partial charge < -0.3 is 5.32 Å². The molecule has 3 aromatic rings. The predicted octanol–water partition coefficient (Wildman–Crippen LogP) is 4.50. The standard InChI is InChI=1S/C18H14ClF3N4/c19-11-4-5-16(14(9-11)18(20,21)22)26-17-13(6-8-24-17)15(25-26)10-12-3-1-2-7-23-12/h1-5,7,9,24H,6,8,10H2. The first-order chi connectivity index (χ1) is 12.4. The van der Waals surface area contributed by atoms with Crippen molar-refractivity contribution in [2.75, 3.05) is 11.9 Å². The van der Waals surface area contributed by atoms with E-state index in [9.17, 15) is 13.2 Å². The van der Waals surface area contributed by atoms with E-state index in [-0.39, 0.29) is 10.7 Å². The van der Waals surface area contributed by atoms with Gasteiger partial charge in [-0.15, -0.1) is 0 Å². The van der Waals surface area contributed by atoms with Gasteiger partial charge in [0.05, 0.1) is 16.9 Å². The second kappa shape index (κ2) is 6.32. The molecule has 0 fully saturated rings. The van der Waals surface area contributed by atoms with E-state index in [1.807, 2.05) is 18.2 Å². The van der Waals surface area contributed by atoms with Crippen LogP contribution in [-0.4, -0.2) is 21.3 Å². The topological polar surface area (TPSA) is 42.7 Å². The van der Waals surface area contributed by atoms with Gasteiger partial charge in [0, 0.05) is 35.4 Å². The zero-order chi connectivity index (χ0) is 18.3. The third-order valence-electron chi connectivity index (χ3n) is 4.30. The highest BCUT2D eigenvalue weighted by atomic mass is 35.5. The van der Waals surface area contributed by atoms with Gasteiger partial charge in [-0.2, -0.15) is 18.3 Å². The van der Waals surface area contributed by atoms with Crippen molar-refractivity contribution in [3.8, 4) is 5.69 Å². The number of fused-ring (bicyclic) bond motifs is 1. The van der Waals surface area contributed by atoms with Gasteiger partial charge in [0.25, 0.3) is 0 Å². The third-order valence-corrected chi connectivity index (χ3v) is 4.54. The second-order valence-electron chi connectivity index (χ2n) is 6.02. The number of nitrogens with zero attached hydrogens (tertiary/aromatic N) is 3. The molecule has 1 aromatic carbocycles. The Morgan fingerprint density at radius 2 is 2.04 bits per heavy atom. The van der Waals surface area contributed by atoms with E-state index in [0.717, 1.165) is 23.0 Å². The lowest BCUT2D eigenvalue weighted by Gasteiger charge is -2.15. The predicted molar refractivity (Wildman–Crippen MR) is 92.8 cm³/mol. The zero-order valence-electron chi connectivity index (χ0n) is 13.5. The highest BCUT2D eigenvalue weighted by molar-refractivity contribution is 6.30. The van der Waals surface area contributed by atoms with Crippen molar-refractivity contribution in [3.05, 3.63) is 70.1 Å². The van der Waals surface area contributed by atoms with Crippen molar-refractivity contribution in [2.24, 2.45) is 0 Å². The SMILES string of the molecule is FC(F)(F)c1cc(Cl)ccc1-n1nc(Cc2ccccn2)c2c1NCC2. The first kappa shape index (κ1) is 16.9. The Morgan fingerprint density at radius 3 is 2.77 bits per heavy atom. The normalized spacial score (nSPS) is 13.5. The molecule has 4 rings (SSSR count). The molecule has 1 aliphatic rings. The summed E-state index contributed by atoms with van der Waals surface area (Å²) in [5.41, 5.74) is 1.62. The van der Waals surface area contributed by atoms with Crippen LogP contribution in [0.1, 0.15) is 22.5 Å². The minimum atomic E-state index is -4.53. The molecule has 8 heteroatoms. The molecule has 0 aliphatic carbocycles. The molecule has 0 spiro atoms. The summed E-state index contributed by atoms with van der Waals surface area (Å²) < 4.78 is 41.8. The Morgan fingerprint density at radius 1 is 1.19 bits per heavy atom. The number of aromatic nitrogens is 3. The van der Waals surface area contributed by atoms with E-state index < -0.39 is 11.7 Å². The molecule has 3 heterocycles. The molecule has 0 bridgehead atoms. The van der Waals surface area contributed by atoms with Crippen LogP contribution in [0, 0.1) is 0 Å². The highest BCUT2D eigenvalue weighted by Gasteiger charge is 2.36. The molecule has 134 valence electrons. The minimum Gasteiger partial charge on any atom is -0.369 e. The van der Waals surface area contributed by atoms with Crippen LogP contribution in [0.25, 0.3) is 5.69 Å². The van der Waals surface area contributed by atoms with Crippen LogP contribution in [0.3, 0.4) is 0 Å². The Labute approximate surface area is 152 Å². The first-order valence-electron chi connectivity index (χ1n) is 8.05. The first-order valence-corrected chi connectivity index (χ1v) is 8.43. The van der Waals surface area contributed by atoms with E-state index in [1.54, 1.807) is 6.20 Å². The molecule has 0 saturated heterocycles. The average molecular weight is 379 g/mol. The summed E-state index contributed by atoms with van der Waals surface area (Å²) in [6, 6.07) is 9.28. The molecular weight excluding hydrogens is 365 g/mol. The van der Waals surface area contributed by atoms with Gasteiger partial charge in [0.15, 0.2) is 0 Å². The number of hydrogen-bond donors (Lipinski definition) is 1. The Kier molecular flexibility index (Phi) is 4.11. The number of nitrogens with one attached hydrogen (secondary N) is 1. The van der Waals surface area contributed by atoms with Gasteiger partial charge in [-0.25, -0.2) is 4.68 Å². The van der Waals surface area contributed by atoms with E-state index in [4.69, 9.17) is 11.6 Å². The maximum atomic E-state index is 13.5. The molecule has 0 radical (unpaired) electrons. The Bertz CT molecular complexity index is 951. The quantitative estimate of drug-likeness (QED) is 0.729. The lowest BCUT2D eigenvalue weighted by atomic mass is 10.1. The van der Waals surface area contributed by atoms with Gasteiger partial charge in [-0.1, -0.05) is 17.7 Å². The van der Waals surface area contributed by atoms with Gasteiger partial charge in [-0.3, -0.25) is 4.98 Å². The van der Waals surface area contributed by atoms with Crippen LogP contribution in [0.15, 0.2) is 42.6 Å². The van der Waals surface area contributed by atoms with Crippen LogP contribution in [0.2, 0.25) is 5.02 Å². The monoisotopic (exact) mass is 378 g/mol. The maximum absolute atomic E-state index is 13.5. The minimum absolute atomic E-state index is 0.0338. The van der Waals surface area contributed by atoms with Crippen molar-refractivity contribution in [3.63, 3.8) is 0 Å². The van der Waals surface area contributed by atoms with Crippen LogP contribution >= 0.6 is 11.6 Å². The van der Waals surface area contributed by atoms with Gasteiger partial charge in [-0.05, 0) is 36.8 Å². The Balaban J connectivity index is 1.83. The smallest absolute Gasteiger partial charge is 0.369 e. The average Bonchev–Trinajstić information content (AvgIpc) is 3.19. The maximum Gasteiger partial charge on any atom is 0.418 e. The van der Waals surface area contributed by atoms with Crippen LogP contribution in [0.5, 0.6) is 0 Å². The molecule has 0 amide bonds. The molecular formula is C18H14ClF3N4. The molecule has 1 aliphatic heterocycles. The number of hydrogen-bond acceptors (Lipinski definition) is 3. The molecule has 0 unspecified atom stereocenters. The summed E-state index contributed by atoms with van der Waals surface area (Å²) in [6.45, 7) is 0.664. The largest absolute Gasteiger partial charge is 0.418 e. The summed E-state index contributed by atoms with van der Waals surface area (Å²) in [5.74, 6) is 0.601. The lowest BCUT2D eigenvalue weighted by molar-refractivity contribution is -0.137. The molecule has 2 aromatic heterocycles. The summed E-state index contributed by atoms with van der Waals surface area (Å²) in [4.78, 5) is 4.28. The fraction of sp³-hybridized carbons (Fsp3) is 0.222. The lowest BCUT2D eigenvalue weighted by Crippen LogP contribution is -2.13. The van der Waals surface area contributed by atoms with Crippen molar-refractivity contribution in [1.82, 2.24) is 14.8 Å². The number of rotatable bonds is 3. The van der Waals surface area contributed by atoms with E-state index in [0.29, 0.717) is 25.2 Å². The number of halogens is 4. The second-order valence-corrected chi connectivity index (χ2v) is 6.46. The number of benzene rings is 1. The van der Waals surface area contributed by atoms with E-state index in [1.165, 1.54) is 16.8 Å². The van der Waals surface area contributed by atoms with Crippen molar-refractivity contribution >= 4 is 17.4 Å². The third kappa shape index (κ3) is 3.03. The molecule has 0 atom stereocenters. The highest BCUT2D eigenvalue weighted by Crippen LogP contribution is 2.38. The summed E-state index contributed by atoms with van der Waals surface area (Å²) in [7, 11) is 0. The molecule has 26 heavy (non-hydrogen) atoms. The van der Waals surface area contributed by atoms with Crippen LogP contribution in [0.4, 0.5) is 19.0 Å². The number of alkyl halides is 3. The van der Waals surface area contributed by atoms with E-state index >= 15 is 0 Å². The summed E-state index contributed by atoms with van der Waals surface area (Å²) in [5, 5.41) is 7.65. The van der Waals surface area contributed by atoms with Crippen LogP contribution in [-0.2, 0) is 19.0 Å². The van der Waals surface area contributed by atoms with E-state index in [2.05, 4.69) is 15.4 Å². The van der Waals surface area contributed by atoms with Crippen molar-refractivity contribution in [2.45, 2.75) is 19.0 Å². The zero-order valence-corrected chi connectivity index (χ0v) is 14.3. The molecule has 4 nitrogen and oxygen atoms in total. The summed E-state index contributed by atoms with van der Waals surface area (Å²) in [6.07, 6.45) is -1.66. The fourth-order valence-electron chi connectivity index (χ4n) is 3.16. The van der Waals surface area contributed by atoms with Crippen LogP contribution < -0.4 is 5.32 Å². The Hall–Kier alpha value is -2.54. The van der Waals surface area contributed by atoms with Gasteiger partial charge >= 0.3 is 6.18 Å². The summed E-state index contributed by atoms with van der Waals surface area (Å²) >= 11 is 5.79. The number of anilines is 1. The van der Waals surface area contributed by atoms with Crippen molar-refractivity contribution < 1.29 is 13.2 Å². The fourth-order valence-corrected chi connectivity index (χ4v) is 3.33. The number of pyridine rings is 1. The van der Waals surface area contributed by atoms with Gasteiger partial charge in [0.1, 0.15) is 5.82 Å².